The molecule has 110 valence electrons. The Labute approximate surface area is 131 Å². The standard InChI is InChI=1S/C16H16BrFN2O/c1-10(14(19)11-6-3-2-4-7-11)16(21)20-15-12(17)8-5-9-13(15)18/h2-10,14H,19H2,1H3,(H,20,21). The molecule has 2 aromatic rings. The number of benzene rings is 2. The Bertz CT molecular complexity index is 613. The van der Waals surface area contributed by atoms with Gasteiger partial charge in [-0.05, 0) is 33.6 Å². The highest BCUT2D eigenvalue weighted by Gasteiger charge is 2.23. The van der Waals surface area contributed by atoms with Crippen LogP contribution in [-0.2, 0) is 4.79 Å². The van der Waals surface area contributed by atoms with Crippen LogP contribution in [0.15, 0.2) is 53.0 Å². The van der Waals surface area contributed by atoms with Gasteiger partial charge in [-0.15, -0.1) is 0 Å². The van der Waals surface area contributed by atoms with Gasteiger partial charge in [0.1, 0.15) is 5.82 Å². The summed E-state index contributed by atoms with van der Waals surface area (Å²) in [5.74, 6) is -1.30. The van der Waals surface area contributed by atoms with Gasteiger partial charge in [0.2, 0.25) is 5.91 Å². The van der Waals surface area contributed by atoms with E-state index in [1.54, 1.807) is 19.1 Å². The van der Waals surface area contributed by atoms with Gasteiger partial charge in [0, 0.05) is 10.5 Å². The smallest absolute Gasteiger partial charge is 0.229 e. The highest BCUT2D eigenvalue weighted by atomic mass is 79.9. The average molecular weight is 351 g/mol. The average Bonchev–Trinajstić information content (AvgIpc) is 2.50. The molecule has 0 saturated heterocycles. The van der Waals surface area contributed by atoms with Gasteiger partial charge in [-0.3, -0.25) is 4.79 Å². The van der Waals surface area contributed by atoms with E-state index in [2.05, 4.69) is 21.2 Å². The number of carbonyl (C=O) groups excluding carboxylic acids is 1. The van der Waals surface area contributed by atoms with Crippen molar-refractivity contribution >= 4 is 27.5 Å². The van der Waals surface area contributed by atoms with Gasteiger partial charge in [0.25, 0.3) is 0 Å². The maximum absolute atomic E-state index is 13.7. The van der Waals surface area contributed by atoms with Crippen molar-refractivity contribution in [3.05, 3.63) is 64.4 Å². The summed E-state index contributed by atoms with van der Waals surface area (Å²) in [6.45, 7) is 1.72. The first kappa shape index (κ1) is 15.7. The molecular weight excluding hydrogens is 335 g/mol. The Balaban J connectivity index is 2.13. The van der Waals surface area contributed by atoms with E-state index < -0.39 is 17.8 Å². The lowest BCUT2D eigenvalue weighted by Crippen LogP contribution is -2.30. The lowest BCUT2D eigenvalue weighted by atomic mass is 9.94. The fourth-order valence-electron chi connectivity index (χ4n) is 1.98. The molecule has 0 radical (unpaired) electrons. The fraction of sp³-hybridized carbons (Fsp3) is 0.188. The molecule has 1 amide bonds. The lowest BCUT2D eigenvalue weighted by molar-refractivity contribution is -0.120. The van der Waals surface area contributed by atoms with Crippen LogP contribution in [0.5, 0.6) is 0 Å². The minimum atomic E-state index is -0.488. The van der Waals surface area contributed by atoms with E-state index in [-0.39, 0.29) is 11.6 Å². The highest BCUT2D eigenvalue weighted by molar-refractivity contribution is 9.10. The van der Waals surface area contributed by atoms with Crippen molar-refractivity contribution in [2.45, 2.75) is 13.0 Å². The Morgan fingerprint density at radius 2 is 1.86 bits per heavy atom. The molecule has 0 bridgehead atoms. The monoisotopic (exact) mass is 350 g/mol. The van der Waals surface area contributed by atoms with Gasteiger partial charge in [0.05, 0.1) is 11.6 Å². The third-order valence-corrected chi connectivity index (χ3v) is 4.01. The van der Waals surface area contributed by atoms with Crippen LogP contribution in [0.25, 0.3) is 0 Å². The maximum Gasteiger partial charge on any atom is 0.229 e. The van der Waals surface area contributed by atoms with Gasteiger partial charge in [-0.1, -0.05) is 43.3 Å². The molecule has 2 unspecified atom stereocenters. The molecular formula is C16H16BrFN2O. The lowest BCUT2D eigenvalue weighted by Gasteiger charge is -2.20. The van der Waals surface area contributed by atoms with Crippen molar-refractivity contribution in [2.75, 3.05) is 5.32 Å². The third kappa shape index (κ3) is 3.68. The summed E-state index contributed by atoms with van der Waals surface area (Å²) in [7, 11) is 0. The molecule has 0 heterocycles. The predicted octanol–water partition coefficient (Wildman–Crippen LogP) is 3.86. The van der Waals surface area contributed by atoms with Crippen LogP contribution >= 0.6 is 15.9 Å². The van der Waals surface area contributed by atoms with E-state index in [4.69, 9.17) is 5.73 Å². The topological polar surface area (TPSA) is 55.1 Å². The van der Waals surface area contributed by atoms with Crippen LogP contribution in [0.2, 0.25) is 0 Å². The van der Waals surface area contributed by atoms with Crippen molar-refractivity contribution < 1.29 is 9.18 Å². The molecule has 0 fully saturated rings. The van der Waals surface area contributed by atoms with Gasteiger partial charge >= 0.3 is 0 Å². The molecule has 5 heteroatoms. The number of rotatable bonds is 4. The van der Waals surface area contributed by atoms with E-state index in [0.717, 1.165) is 5.56 Å². The molecule has 0 saturated carbocycles. The number of nitrogens with one attached hydrogen (secondary N) is 1. The zero-order valence-corrected chi connectivity index (χ0v) is 13.1. The second kappa shape index (κ2) is 6.83. The normalized spacial score (nSPS) is 13.5. The van der Waals surface area contributed by atoms with Crippen molar-refractivity contribution in [3.63, 3.8) is 0 Å². The van der Waals surface area contributed by atoms with Crippen LogP contribution in [0.4, 0.5) is 10.1 Å². The minimum absolute atomic E-state index is 0.134. The van der Waals surface area contributed by atoms with E-state index >= 15 is 0 Å². The van der Waals surface area contributed by atoms with Crippen LogP contribution in [0.1, 0.15) is 18.5 Å². The summed E-state index contributed by atoms with van der Waals surface area (Å²) >= 11 is 3.22. The zero-order chi connectivity index (χ0) is 15.4. The van der Waals surface area contributed by atoms with Crippen LogP contribution in [0.3, 0.4) is 0 Å². The molecule has 0 aliphatic carbocycles. The van der Waals surface area contributed by atoms with E-state index in [1.165, 1.54) is 6.07 Å². The van der Waals surface area contributed by atoms with Crippen LogP contribution < -0.4 is 11.1 Å². The summed E-state index contributed by atoms with van der Waals surface area (Å²) in [6.07, 6.45) is 0. The predicted molar refractivity (Wildman–Crippen MR) is 85.3 cm³/mol. The number of halogens is 2. The molecule has 3 N–H and O–H groups in total. The summed E-state index contributed by atoms with van der Waals surface area (Å²) in [5, 5.41) is 2.59. The maximum atomic E-state index is 13.7. The van der Waals surface area contributed by atoms with Gasteiger partial charge < -0.3 is 11.1 Å². The van der Waals surface area contributed by atoms with Gasteiger partial charge in [0.15, 0.2) is 0 Å². The molecule has 0 spiro atoms. The first-order chi connectivity index (χ1) is 10.0. The van der Waals surface area contributed by atoms with Crippen molar-refractivity contribution in [2.24, 2.45) is 11.7 Å². The summed E-state index contributed by atoms with van der Waals surface area (Å²) in [6, 6.07) is 13.4. The van der Waals surface area contributed by atoms with Gasteiger partial charge in [-0.25, -0.2) is 4.39 Å². The summed E-state index contributed by atoms with van der Waals surface area (Å²) < 4.78 is 14.2. The SMILES string of the molecule is CC(C(=O)Nc1c(F)cccc1Br)C(N)c1ccccc1. The zero-order valence-electron chi connectivity index (χ0n) is 11.5. The summed E-state index contributed by atoms with van der Waals surface area (Å²) in [4.78, 5) is 12.3. The number of hydrogen-bond acceptors (Lipinski definition) is 2. The molecule has 0 aliphatic rings. The van der Waals surface area contributed by atoms with Crippen LogP contribution in [-0.4, -0.2) is 5.91 Å². The minimum Gasteiger partial charge on any atom is -0.323 e. The van der Waals surface area contributed by atoms with Gasteiger partial charge in [-0.2, -0.15) is 0 Å². The Morgan fingerprint density at radius 1 is 1.19 bits per heavy atom. The molecule has 2 atom stereocenters. The molecule has 3 nitrogen and oxygen atoms in total. The van der Waals surface area contributed by atoms with Crippen molar-refractivity contribution in [3.8, 4) is 0 Å². The fourth-order valence-corrected chi connectivity index (χ4v) is 2.42. The number of carbonyl (C=O) groups is 1. The molecule has 2 aromatic carbocycles. The third-order valence-electron chi connectivity index (χ3n) is 3.35. The molecule has 0 aliphatic heterocycles. The summed E-state index contributed by atoms with van der Waals surface area (Å²) in [5.41, 5.74) is 7.11. The molecule has 21 heavy (non-hydrogen) atoms. The van der Waals surface area contributed by atoms with Crippen molar-refractivity contribution in [1.82, 2.24) is 0 Å². The quantitative estimate of drug-likeness (QED) is 0.879. The Hall–Kier alpha value is -1.72. The number of amides is 1. The number of hydrogen-bond donors (Lipinski definition) is 2. The molecule has 2 rings (SSSR count). The first-order valence-corrected chi connectivity index (χ1v) is 7.35. The highest BCUT2D eigenvalue weighted by Crippen LogP contribution is 2.27. The first-order valence-electron chi connectivity index (χ1n) is 6.56. The van der Waals surface area contributed by atoms with Crippen molar-refractivity contribution in [1.29, 1.82) is 0 Å². The van der Waals surface area contributed by atoms with E-state index in [0.29, 0.717) is 4.47 Å². The number of nitrogens with two attached hydrogens (primary N) is 1. The largest absolute Gasteiger partial charge is 0.323 e. The second-order valence-electron chi connectivity index (χ2n) is 4.81. The van der Waals surface area contributed by atoms with E-state index in [9.17, 15) is 9.18 Å². The second-order valence-corrected chi connectivity index (χ2v) is 5.67. The Kier molecular flexibility index (Phi) is 5.09. The number of para-hydroxylation sites is 1. The Morgan fingerprint density at radius 3 is 2.48 bits per heavy atom. The van der Waals surface area contributed by atoms with Crippen LogP contribution in [0, 0.1) is 11.7 Å². The van der Waals surface area contributed by atoms with E-state index in [1.807, 2.05) is 30.3 Å². The number of anilines is 1. The molecule has 0 aromatic heterocycles.